The van der Waals surface area contributed by atoms with Gasteiger partial charge in [0.25, 0.3) is 5.91 Å². The number of carbonyl (C=O) groups is 4. The second-order valence-electron chi connectivity index (χ2n) is 7.67. The Kier molecular flexibility index (Phi) is 8.48. The number of hydrogen-bond donors (Lipinski definition) is 2. The van der Waals surface area contributed by atoms with Crippen molar-refractivity contribution in [2.45, 2.75) is 26.3 Å². The summed E-state index contributed by atoms with van der Waals surface area (Å²) in [5.41, 5.74) is 1.17. The molecule has 1 atom stereocenters. The normalized spacial score (nSPS) is 15.2. The lowest BCUT2D eigenvalue weighted by Gasteiger charge is -2.24. The molecule has 1 saturated heterocycles. The van der Waals surface area contributed by atoms with Crippen LogP contribution in [0.5, 0.6) is 0 Å². The summed E-state index contributed by atoms with van der Waals surface area (Å²) in [7, 11) is 0. The van der Waals surface area contributed by atoms with E-state index in [1.165, 1.54) is 48.2 Å². The fourth-order valence-corrected chi connectivity index (χ4v) is 3.97. The minimum absolute atomic E-state index is 0.156. The maximum atomic E-state index is 13.4. The van der Waals surface area contributed by atoms with Crippen LogP contribution < -0.4 is 15.5 Å². The van der Waals surface area contributed by atoms with Crippen molar-refractivity contribution in [3.63, 3.8) is 0 Å². The highest BCUT2D eigenvalue weighted by Crippen LogP contribution is 2.27. The van der Waals surface area contributed by atoms with Crippen LogP contribution in [0.3, 0.4) is 0 Å². The topological polar surface area (TPSA) is 108 Å². The number of thiocarbonyl (C=S) groups is 1. The van der Waals surface area contributed by atoms with Crippen molar-refractivity contribution in [1.82, 2.24) is 10.2 Å². The second kappa shape index (κ2) is 11.5. The zero-order valence-corrected chi connectivity index (χ0v) is 20.1. The molecule has 2 aromatic carbocycles. The molecule has 0 radical (unpaired) electrons. The molecule has 1 fully saturated rings. The largest absolute Gasteiger partial charge is 0.462 e. The van der Waals surface area contributed by atoms with E-state index in [1.54, 1.807) is 24.0 Å². The van der Waals surface area contributed by atoms with Gasteiger partial charge < -0.3 is 20.3 Å². The molecule has 0 bridgehead atoms. The molecule has 11 heteroatoms. The van der Waals surface area contributed by atoms with Crippen molar-refractivity contribution in [2.75, 3.05) is 29.9 Å². The molecule has 2 aromatic rings. The van der Waals surface area contributed by atoms with Gasteiger partial charge in [-0.2, -0.15) is 0 Å². The molecule has 35 heavy (non-hydrogen) atoms. The number of hydrogen-bond acceptors (Lipinski definition) is 6. The second-order valence-corrected chi connectivity index (χ2v) is 8.04. The SMILES string of the molecule is CCOC(=O)c1ccc(NC(=O)C[C@@H]2C(=O)N(c3ccc(F)cc3)C(=S)N2CCNC(C)=O)cc1. The van der Waals surface area contributed by atoms with E-state index >= 15 is 0 Å². The summed E-state index contributed by atoms with van der Waals surface area (Å²) < 4.78 is 18.3. The monoisotopic (exact) mass is 500 g/mol. The van der Waals surface area contributed by atoms with E-state index in [0.717, 1.165) is 0 Å². The van der Waals surface area contributed by atoms with Gasteiger partial charge in [0.1, 0.15) is 11.9 Å². The zero-order valence-electron chi connectivity index (χ0n) is 19.2. The van der Waals surface area contributed by atoms with Gasteiger partial charge in [0.15, 0.2) is 5.11 Å². The molecule has 2 N–H and O–H groups in total. The molecule has 0 aliphatic carbocycles. The number of nitrogens with zero attached hydrogens (tertiary/aromatic N) is 2. The van der Waals surface area contributed by atoms with E-state index in [1.807, 2.05) is 0 Å². The Morgan fingerprint density at radius 3 is 2.34 bits per heavy atom. The van der Waals surface area contributed by atoms with Crippen LogP contribution in [0.2, 0.25) is 0 Å². The number of nitrogens with one attached hydrogen (secondary N) is 2. The molecule has 0 spiro atoms. The predicted octanol–water partition coefficient (Wildman–Crippen LogP) is 2.47. The fourth-order valence-electron chi connectivity index (χ4n) is 3.56. The molecule has 9 nitrogen and oxygen atoms in total. The average Bonchev–Trinajstić information content (AvgIpc) is 3.04. The highest BCUT2D eigenvalue weighted by atomic mass is 32.1. The van der Waals surface area contributed by atoms with Crippen LogP contribution in [0.15, 0.2) is 48.5 Å². The Morgan fingerprint density at radius 2 is 1.74 bits per heavy atom. The number of rotatable bonds is 9. The van der Waals surface area contributed by atoms with Crippen molar-refractivity contribution in [3.8, 4) is 0 Å². The number of benzene rings is 2. The standard InChI is InChI=1S/C24H25FN4O5S/c1-3-34-23(33)16-4-8-18(9-5-16)27-21(31)14-20-22(32)29(19-10-6-17(25)7-11-19)24(35)28(20)13-12-26-15(2)30/h4-11,20H,3,12-14H2,1-2H3,(H,26,30)(H,27,31)/t20-/m1/s1. The van der Waals surface area contributed by atoms with Gasteiger partial charge >= 0.3 is 5.97 Å². The Balaban J connectivity index is 1.74. The molecule has 0 unspecified atom stereocenters. The number of ether oxygens (including phenoxy) is 1. The first-order valence-corrected chi connectivity index (χ1v) is 11.3. The lowest BCUT2D eigenvalue weighted by Crippen LogP contribution is -2.42. The Hall–Kier alpha value is -3.86. The van der Waals surface area contributed by atoms with Gasteiger partial charge in [0.05, 0.1) is 24.3 Å². The highest BCUT2D eigenvalue weighted by Gasteiger charge is 2.43. The first-order valence-electron chi connectivity index (χ1n) is 10.9. The molecule has 1 heterocycles. The molecular weight excluding hydrogens is 475 g/mol. The zero-order chi connectivity index (χ0) is 25.5. The molecular formula is C24H25FN4O5S. The van der Waals surface area contributed by atoms with Gasteiger partial charge in [-0.05, 0) is 67.7 Å². The van der Waals surface area contributed by atoms with Crippen LogP contribution in [0.25, 0.3) is 0 Å². The lowest BCUT2D eigenvalue weighted by molar-refractivity contribution is -0.124. The van der Waals surface area contributed by atoms with Crippen LogP contribution in [-0.4, -0.2) is 59.4 Å². The van der Waals surface area contributed by atoms with E-state index in [-0.39, 0.29) is 37.1 Å². The van der Waals surface area contributed by atoms with Gasteiger partial charge in [0, 0.05) is 25.7 Å². The van der Waals surface area contributed by atoms with E-state index in [0.29, 0.717) is 16.9 Å². The highest BCUT2D eigenvalue weighted by molar-refractivity contribution is 7.80. The predicted molar refractivity (Wildman–Crippen MR) is 131 cm³/mol. The molecule has 1 aliphatic heterocycles. The smallest absolute Gasteiger partial charge is 0.338 e. The van der Waals surface area contributed by atoms with E-state index < -0.39 is 29.6 Å². The summed E-state index contributed by atoms with van der Waals surface area (Å²) in [6, 6.07) is 10.5. The summed E-state index contributed by atoms with van der Waals surface area (Å²) in [6.45, 7) is 3.75. The Bertz CT molecular complexity index is 1120. The number of halogens is 1. The summed E-state index contributed by atoms with van der Waals surface area (Å²) in [4.78, 5) is 52.0. The molecule has 0 saturated carbocycles. The number of carbonyl (C=O) groups excluding carboxylic acids is 4. The van der Waals surface area contributed by atoms with E-state index in [9.17, 15) is 23.6 Å². The van der Waals surface area contributed by atoms with E-state index in [2.05, 4.69) is 10.6 Å². The number of amides is 3. The molecule has 0 aromatic heterocycles. The molecule has 184 valence electrons. The minimum Gasteiger partial charge on any atom is -0.462 e. The van der Waals surface area contributed by atoms with Gasteiger partial charge in [0.2, 0.25) is 11.8 Å². The first kappa shape index (κ1) is 25.8. The Labute approximate surface area is 207 Å². The summed E-state index contributed by atoms with van der Waals surface area (Å²) in [5, 5.41) is 5.51. The maximum Gasteiger partial charge on any atom is 0.338 e. The van der Waals surface area contributed by atoms with Gasteiger partial charge in [-0.15, -0.1) is 0 Å². The quantitative estimate of drug-likeness (QED) is 0.402. The maximum absolute atomic E-state index is 13.4. The van der Waals surface area contributed by atoms with Gasteiger partial charge in [-0.3, -0.25) is 19.3 Å². The van der Waals surface area contributed by atoms with Gasteiger partial charge in [-0.1, -0.05) is 0 Å². The van der Waals surface area contributed by atoms with Crippen molar-refractivity contribution < 1.29 is 28.3 Å². The van der Waals surface area contributed by atoms with Crippen LogP contribution >= 0.6 is 12.2 Å². The number of esters is 1. The van der Waals surface area contributed by atoms with Crippen LogP contribution in [-0.2, 0) is 19.1 Å². The average molecular weight is 501 g/mol. The van der Waals surface area contributed by atoms with Crippen molar-refractivity contribution in [2.24, 2.45) is 0 Å². The summed E-state index contributed by atoms with van der Waals surface area (Å²) in [5.74, 6) is -2.04. The summed E-state index contributed by atoms with van der Waals surface area (Å²) in [6.07, 6.45) is -0.212. The third kappa shape index (κ3) is 6.38. The number of anilines is 2. The third-order valence-corrected chi connectivity index (χ3v) is 5.61. The first-order chi connectivity index (χ1) is 16.7. The summed E-state index contributed by atoms with van der Waals surface area (Å²) >= 11 is 5.50. The van der Waals surface area contributed by atoms with E-state index in [4.69, 9.17) is 17.0 Å². The third-order valence-electron chi connectivity index (χ3n) is 5.19. The van der Waals surface area contributed by atoms with Crippen molar-refractivity contribution in [1.29, 1.82) is 0 Å². The minimum atomic E-state index is -0.917. The lowest BCUT2D eigenvalue weighted by atomic mass is 10.1. The fraction of sp³-hybridized carbons (Fsp3) is 0.292. The molecule has 3 rings (SSSR count). The van der Waals surface area contributed by atoms with Crippen LogP contribution in [0.4, 0.5) is 15.8 Å². The van der Waals surface area contributed by atoms with Gasteiger partial charge in [-0.25, -0.2) is 9.18 Å². The van der Waals surface area contributed by atoms with Crippen molar-refractivity contribution in [3.05, 3.63) is 59.9 Å². The van der Waals surface area contributed by atoms with Crippen LogP contribution in [0.1, 0.15) is 30.6 Å². The van der Waals surface area contributed by atoms with Crippen LogP contribution in [0, 0.1) is 5.82 Å². The Morgan fingerprint density at radius 1 is 1.09 bits per heavy atom. The molecule has 3 amide bonds. The van der Waals surface area contributed by atoms with Crippen molar-refractivity contribution >= 4 is 52.4 Å². The molecule has 1 aliphatic rings.